The van der Waals surface area contributed by atoms with Crippen molar-refractivity contribution in [3.8, 4) is 5.69 Å². The summed E-state index contributed by atoms with van der Waals surface area (Å²) in [6.07, 6.45) is 1.41. The first kappa shape index (κ1) is 19.6. The molecule has 31 heavy (non-hydrogen) atoms. The fourth-order valence-electron chi connectivity index (χ4n) is 3.82. The number of nitrogens with zero attached hydrogens (tertiary/aromatic N) is 8. The monoisotopic (exact) mass is 527 g/mol. The Labute approximate surface area is 189 Å². The van der Waals surface area contributed by atoms with E-state index in [1.807, 2.05) is 38.1 Å². The Bertz CT molecular complexity index is 1550. The van der Waals surface area contributed by atoms with Crippen LogP contribution in [0.4, 0.5) is 5.82 Å². The van der Waals surface area contributed by atoms with Gasteiger partial charge in [-0.15, -0.1) is 0 Å². The third-order valence-corrected chi connectivity index (χ3v) is 6.01. The minimum Gasteiger partial charge on any atom is -0.383 e. The summed E-state index contributed by atoms with van der Waals surface area (Å²) < 4.78 is 5.60. The highest BCUT2D eigenvalue weighted by molar-refractivity contribution is 14.1. The van der Waals surface area contributed by atoms with E-state index in [0.29, 0.717) is 43.1 Å². The number of benzene rings is 1. The summed E-state index contributed by atoms with van der Waals surface area (Å²) in [7, 11) is 1.75. The van der Waals surface area contributed by atoms with E-state index in [-0.39, 0.29) is 12.1 Å². The number of nitrogens with two attached hydrogens (primary N) is 1. The standard InChI is InChI=1S/C20H18IN9O/c1-10-6-4-5-7-12(10)30-13(25-15-11(2)26-28(3)16(15)20(30)31)8-29-19-14(17(21)27-29)18(22)23-9-24-19/h4-7,9H,8H2,1-3H3,(H2,22,23,24). The summed E-state index contributed by atoms with van der Waals surface area (Å²) >= 11 is 2.11. The lowest BCUT2D eigenvalue weighted by Gasteiger charge is -2.15. The molecule has 0 saturated carbocycles. The first-order valence-corrected chi connectivity index (χ1v) is 10.6. The molecule has 0 amide bonds. The molecule has 1 aromatic carbocycles. The molecule has 0 spiro atoms. The maximum atomic E-state index is 13.6. The second-order valence-electron chi connectivity index (χ2n) is 7.27. The summed E-state index contributed by atoms with van der Waals surface area (Å²) in [4.78, 5) is 26.9. The molecule has 10 nitrogen and oxygen atoms in total. The number of aromatic nitrogens is 8. The molecule has 0 aliphatic carbocycles. The molecule has 0 aliphatic rings. The van der Waals surface area contributed by atoms with E-state index < -0.39 is 0 Å². The molecule has 2 N–H and O–H groups in total. The Morgan fingerprint density at radius 1 is 1.13 bits per heavy atom. The van der Waals surface area contributed by atoms with Crippen molar-refractivity contribution >= 4 is 50.5 Å². The van der Waals surface area contributed by atoms with Gasteiger partial charge in [0.2, 0.25) is 0 Å². The van der Waals surface area contributed by atoms with E-state index in [1.165, 1.54) is 6.33 Å². The molecule has 4 heterocycles. The topological polar surface area (TPSA) is 122 Å². The first-order chi connectivity index (χ1) is 14.9. The minimum atomic E-state index is -0.183. The molecule has 11 heteroatoms. The molecule has 0 unspecified atom stereocenters. The predicted molar refractivity (Wildman–Crippen MR) is 125 cm³/mol. The van der Waals surface area contributed by atoms with Crippen LogP contribution in [-0.2, 0) is 13.6 Å². The van der Waals surface area contributed by atoms with Crippen LogP contribution in [0.15, 0.2) is 35.4 Å². The van der Waals surface area contributed by atoms with Gasteiger partial charge in [-0.1, -0.05) is 18.2 Å². The van der Waals surface area contributed by atoms with Crippen molar-refractivity contribution in [3.63, 3.8) is 0 Å². The Hall–Kier alpha value is -3.35. The number of hydrogen-bond acceptors (Lipinski definition) is 7. The number of anilines is 1. The average Bonchev–Trinajstić information content (AvgIpc) is 3.20. The number of para-hydroxylation sites is 1. The maximum Gasteiger partial charge on any atom is 0.284 e. The molecule has 0 atom stereocenters. The fourth-order valence-corrected chi connectivity index (χ4v) is 4.60. The number of aryl methyl sites for hydroxylation is 3. The molecule has 5 aromatic rings. The highest BCUT2D eigenvalue weighted by atomic mass is 127. The Kier molecular flexibility index (Phi) is 4.50. The second-order valence-corrected chi connectivity index (χ2v) is 8.29. The van der Waals surface area contributed by atoms with Crippen LogP contribution in [0.3, 0.4) is 0 Å². The van der Waals surface area contributed by atoms with Crippen molar-refractivity contribution in [1.82, 2.24) is 39.1 Å². The van der Waals surface area contributed by atoms with Crippen LogP contribution >= 0.6 is 22.6 Å². The second kappa shape index (κ2) is 7.11. The van der Waals surface area contributed by atoms with Crippen molar-refractivity contribution in [3.05, 3.63) is 61.7 Å². The zero-order valence-electron chi connectivity index (χ0n) is 17.0. The fraction of sp³-hybridized carbons (Fsp3) is 0.200. The number of fused-ring (bicyclic) bond motifs is 2. The molecule has 0 radical (unpaired) electrons. The summed E-state index contributed by atoms with van der Waals surface area (Å²) in [5.74, 6) is 0.893. The van der Waals surface area contributed by atoms with E-state index in [0.717, 1.165) is 11.3 Å². The van der Waals surface area contributed by atoms with Crippen LogP contribution in [-0.4, -0.2) is 39.1 Å². The van der Waals surface area contributed by atoms with Gasteiger partial charge < -0.3 is 5.73 Å². The SMILES string of the molecule is Cc1ccccc1-n1c(Cn2nc(I)c3c(N)ncnc32)nc2c(C)nn(C)c2c1=O. The zero-order valence-corrected chi connectivity index (χ0v) is 19.2. The molecule has 0 aliphatic heterocycles. The lowest BCUT2D eigenvalue weighted by Crippen LogP contribution is -2.27. The third kappa shape index (κ3) is 2.99. The molecule has 4 aromatic heterocycles. The van der Waals surface area contributed by atoms with Crippen molar-refractivity contribution in [2.75, 3.05) is 5.73 Å². The highest BCUT2D eigenvalue weighted by Gasteiger charge is 2.21. The van der Waals surface area contributed by atoms with Crippen molar-refractivity contribution in [2.24, 2.45) is 7.05 Å². The largest absolute Gasteiger partial charge is 0.383 e. The number of hydrogen-bond donors (Lipinski definition) is 1. The molecule has 5 rings (SSSR count). The van der Waals surface area contributed by atoms with Gasteiger partial charge >= 0.3 is 0 Å². The van der Waals surface area contributed by atoms with Gasteiger partial charge in [-0.2, -0.15) is 10.2 Å². The Balaban J connectivity index is 1.82. The molecule has 0 saturated heterocycles. The normalized spacial score (nSPS) is 11.6. The number of nitrogen functional groups attached to an aromatic ring is 1. The van der Waals surface area contributed by atoms with Crippen LogP contribution < -0.4 is 11.3 Å². The van der Waals surface area contributed by atoms with Gasteiger partial charge in [-0.05, 0) is 48.1 Å². The van der Waals surface area contributed by atoms with E-state index in [9.17, 15) is 4.79 Å². The molecular formula is C20H18IN9O. The number of rotatable bonds is 3. The van der Waals surface area contributed by atoms with Gasteiger partial charge in [-0.3, -0.25) is 14.0 Å². The maximum absolute atomic E-state index is 13.6. The summed E-state index contributed by atoms with van der Waals surface area (Å²) in [6, 6.07) is 7.71. The Morgan fingerprint density at radius 2 is 1.90 bits per heavy atom. The van der Waals surface area contributed by atoms with Gasteiger partial charge in [0.25, 0.3) is 5.56 Å². The highest BCUT2D eigenvalue weighted by Crippen LogP contribution is 2.24. The predicted octanol–water partition coefficient (Wildman–Crippen LogP) is 2.11. The van der Waals surface area contributed by atoms with Crippen LogP contribution in [0.1, 0.15) is 17.1 Å². The quantitative estimate of drug-likeness (QED) is 0.357. The van der Waals surface area contributed by atoms with Gasteiger partial charge in [0, 0.05) is 7.05 Å². The van der Waals surface area contributed by atoms with E-state index in [1.54, 1.807) is 21.0 Å². The van der Waals surface area contributed by atoms with Gasteiger partial charge in [0.15, 0.2) is 11.2 Å². The molecule has 0 fully saturated rings. The molecular weight excluding hydrogens is 509 g/mol. The zero-order chi connectivity index (χ0) is 21.9. The van der Waals surface area contributed by atoms with E-state index in [2.05, 4.69) is 42.8 Å². The van der Waals surface area contributed by atoms with Gasteiger partial charge in [0.05, 0.1) is 16.8 Å². The van der Waals surface area contributed by atoms with E-state index in [4.69, 9.17) is 10.7 Å². The summed E-state index contributed by atoms with van der Waals surface area (Å²) in [5.41, 5.74) is 9.88. The third-order valence-electron chi connectivity index (χ3n) is 5.26. The molecule has 156 valence electrons. The first-order valence-electron chi connectivity index (χ1n) is 9.50. The Morgan fingerprint density at radius 3 is 2.68 bits per heavy atom. The summed E-state index contributed by atoms with van der Waals surface area (Å²) in [5, 5.41) is 9.67. The van der Waals surface area contributed by atoms with Gasteiger partial charge in [-0.25, -0.2) is 19.6 Å². The molecule has 0 bridgehead atoms. The average molecular weight is 527 g/mol. The van der Waals surface area contributed by atoms with Crippen LogP contribution in [0.2, 0.25) is 0 Å². The lowest BCUT2D eigenvalue weighted by atomic mass is 10.2. The van der Waals surface area contributed by atoms with E-state index >= 15 is 0 Å². The van der Waals surface area contributed by atoms with Crippen molar-refractivity contribution < 1.29 is 0 Å². The van der Waals surface area contributed by atoms with Crippen molar-refractivity contribution in [1.29, 1.82) is 0 Å². The van der Waals surface area contributed by atoms with Crippen LogP contribution in [0.25, 0.3) is 27.8 Å². The van der Waals surface area contributed by atoms with Crippen molar-refractivity contribution in [2.45, 2.75) is 20.4 Å². The van der Waals surface area contributed by atoms with Gasteiger partial charge in [0.1, 0.15) is 33.7 Å². The number of halogens is 1. The summed E-state index contributed by atoms with van der Waals surface area (Å²) in [6.45, 7) is 4.03. The van der Waals surface area contributed by atoms with Crippen LogP contribution in [0.5, 0.6) is 0 Å². The lowest BCUT2D eigenvalue weighted by molar-refractivity contribution is 0.643. The smallest absolute Gasteiger partial charge is 0.284 e. The minimum absolute atomic E-state index is 0.183. The van der Waals surface area contributed by atoms with Crippen LogP contribution in [0, 0.1) is 17.5 Å².